The number of nitrogens with zero attached hydrogens (tertiary/aromatic N) is 1. The van der Waals surface area contributed by atoms with E-state index >= 15 is 0 Å². The predicted octanol–water partition coefficient (Wildman–Crippen LogP) is 2.27. The number of thiazole rings is 1. The van der Waals surface area contributed by atoms with Crippen LogP contribution in [0.15, 0.2) is 5.38 Å². The maximum atomic E-state index is 8.90. The van der Waals surface area contributed by atoms with Gasteiger partial charge in [0, 0.05) is 30.5 Å². The molecular formula is C12H20N2OS. The maximum Gasteiger partial charge on any atom is 0.0959 e. The molecule has 3 nitrogen and oxygen atoms in total. The molecule has 1 fully saturated rings. The topological polar surface area (TPSA) is 45.1 Å². The number of hydrogen-bond donors (Lipinski definition) is 2. The molecule has 0 aromatic carbocycles. The van der Waals surface area contributed by atoms with Gasteiger partial charge in [-0.05, 0) is 25.7 Å². The minimum atomic E-state index is 0.260. The number of hydrogen-bond acceptors (Lipinski definition) is 4. The molecule has 1 atom stereocenters. The van der Waals surface area contributed by atoms with E-state index < -0.39 is 0 Å². The zero-order valence-electron chi connectivity index (χ0n) is 9.78. The Morgan fingerprint density at radius 2 is 2.44 bits per heavy atom. The highest BCUT2D eigenvalue weighted by atomic mass is 32.1. The van der Waals surface area contributed by atoms with Gasteiger partial charge in [-0.25, -0.2) is 4.98 Å². The lowest BCUT2D eigenvalue weighted by atomic mass is 10.1. The molecule has 0 aliphatic heterocycles. The summed E-state index contributed by atoms with van der Waals surface area (Å²) in [5.74, 6) is 0.762. The van der Waals surface area contributed by atoms with Crippen LogP contribution in [0.25, 0.3) is 0 Å². The monoisotopic (exact) mass is 240 g/mol. The molecule has 0 bridgehead atoms. The van der Waals surface area contributed by atoms with Crippen molar-refractivity contribution in [1.82, 2.24) is 10.3 Å². The van der Waals surface area contributed by atoms with Crippen LogP contribution < -0.4 is 5.32 Å². The van der Waals surface area contributed by atoms with Crippen LogP contribution in [0, 0.1) is 0 Å². The van der Waals surface area contributed by atoms with Gasteiger partial charge in [-0.1, -0.05) is 6.92 Å². The van der Waals surface area contributed by atoms with Gasteiger partial charge in [0.25, 0.3) is 0 Å². The molecule has 0 spiro atoms. The molecule has 4 heteroatoms. The molecule has 90 valence electrons. The van der Waals surface area contributed by atoms with Gasteiger partial charge in [0.1, 0.15) is 0 Å². The van der Waals surface area contributed by atoms with E-state index in [0.29, 0.717) is 6.04 Å². The third-order valence-electron chi connectivity index (χ3n) is 3.04. The van der Waals surface area contributed by atoms with E-state index in [1.54, 1.807) is 11.3 Å². The van der Waals surface area contributed by atoms with Crippen molar-refractivity contribution < 1.29 is 5.11 Å². The van der Waals surface area contributed by atoms with E-state index in [0.717, 1.165) is 31.0 Å². The smallest absolute Gasteiger partial charge is 0.0959 e. The van der Waals surface area contributed by atoms with Crippen LogP contribution in [0.4, 0.5) is 0 Å². The van der Waals surface area contributed by atoms with Gasteiger partial charge in [0.05, 0.1) is 10.7 Å². The molecule has 16 heavy (non-hydrogen) atoms. The highest BCUT2D eigenvalue weighted by molar-refractivity contribution is 7.09. The number of aliphatic hydroxyl groups is 1. The Morgan fingerprint density at radius 1 is 1.62 bits per heavy atom. The van der Waals surface area contributed by atoms with Crippen molar-refractivity contribution >= 4 is 11.3 Å². The summed E-state index contributed by atoms with van der Waals surface area (Å²) < 4.78 is 0. The molecule has 1 heterocycles. The van der Waals surface area contributed by atoms with Gasteiger partial charge < -0.3 is 10.4 Å². The average Bonchev–Trinajstić information content (AvgIpc) is 3.04. The van der Waals surface area contributed by atoms with Crippen LogP contribution in [-0.4, -0.2) is 22.7 Å². The molecule has 2 rings (SSSR count). The summed E-state index contributed by atoms with van der Waals surface area (Å²) in [6, 6.07) is 0.413. The number of aliphatic hydroxyl groups excluding tert-OH is 1. The van der Waals surface area contributed by atoms with Crippen LogP contribution in [0.3, 0.4) is 0 Å². The molecule has 2 N–H and O–H groups in total. The van der Waals surface area contributed by atoms with Gasteiger partial charge in [0.15, 0.2) is 0 Å². The number of rotatable bonds is 7. The van der Waals surface area contributed by atoms with Crippen molar-refractivity contribution in [2.24, 2.45) is 0 Å². The van der Waals surface area contributed by atoms with Crippen molar-refractivity contribution in [2.75, 3.05) is 6.61 Å². The summed E-state index contributed by atoms with van der Waals surface area (Å²) in [7, 11) is 0. The highest BCUT2D eigenvalue weighted by Crippen LogP contribution is 2.41. The highest BCUT2D eigenvalue weighted by Gasteiger charge is 2.26. The minimum Gasteiger partial charge on any atom is -0.396 e. The standard InChI is InChI=1S/C12H20N2OS/c1-2-10(5-6-15)13-7-11-8-16-12(14-11)9-3-4-9/h8-10,13,15H,2-7H2,1H3. The van der Waals surface area contributed by atoms with Crippen molar-refractivity contribution in [3.05, 3.63) is 16.1 Å². The summed E-state index contributed by atoms with van der Waals surface area (Å²) in [5.41, 5.74) is 1.16. The minimum absolute atomic E-state index is 0.260. The second kappa shape index (κ2) is 5.75. The average molecular weight is 240 g/mol. The van der Waals surface area contributed by atoms with Crippen LogP contribution in [0.1, 0.15) is 49.2 Å². The van der Waals surface area contributed by atoms with Crippen LogP contribution in [0.2, 0.25) is 0 Å². The maximum absolute atomic E-state index is 8.90. The zero-order chi connectivity index (χ0) is 11.4. The Morgan fingerprint density at radius 3 is 3.06 bits per heavy atom. The second-order valence-electron chi connectivity index (χ2n) is 4.45. The van der Waals surface area contributed by atoms with Gasteiger partial charge >= 0.3 is 0 Å². The van der Waals surface area contributed by atoms with E-state index in [1.807, 2.05) is 0 Å². The quantitative estimate of drug-likeness (QED) is 0.768. The van der Waals surface area contributed by atoms with E-state index in [4.69, 9.17) is 5.11 Å². The number of aromatic nitrogens is 1. The molecule has 0 saturated heterocycles. The molecule has 1 unspecified atom stereocenters. The lowest BCUT2D eigenvalue weighted by molar-refractivity contribution is 0.262. The fourth-order valence-electron chi connectivity index (χ4n) is 1.78. The zero-order valence-corrected chi connectivity index (χ0v) is 10.6. The first-order valence-electron chi connectivity index (χ1n) is 6.12. The predicted molar refractivity (Wildman–Crippen MR) is 66.7 cm³/mol. The Bertz CT molecular complexity index is 323. The van der Waals surface area contributed by atoms with Gasteiger partial charge in [-0.3, -0.25) is 0 Å². The molecule has 1 aliphatic rings. The fraction of sp³-hybridized carbons (Fsp3) is 0.750. The first-order valence-corrected chi connectivity index (χ1v) is 7.00. The lowest BCUT2D eigenvalue weighted by Crippen LogP contribution is -2.28. The van der Waals surface area contributed by atoms with E-state index in [-0.39, 0.29) is 6.61 Å². The van der Waals surface area contributed by atoms with Crippen molar-refractivity contribution in [1.29, 1.82) is 0 Å². The molecule has 0 radical (unpaired) electrons. The Balaban J connectivity index is 1.78. The summed E-state index contributed by atoms with van der Waals surface area (Å²) in [4.78, 5) is 4.63. The molecule has 1 aromatic heterocycles. The van der Waals surface area contributed by atoms with Crippen molar-refractivity contribution in [2.45, 2.75) is 51.1 Å². The van der Waals surface area contributed by atoms with Gasteiger partial charge in [-0.15, -0.1) is 11.3 Å². The Kier molecular flexibility index (Phi) is 4.32. The third kappa shape index (κ3) is 3.27. The SMILES string of the molecule is CCC(CCO)NCc1csc(C2CC2)n1. The summed E-state index contributed by atoms with van der Waals surface area (Å²) in [6.07, 6.45) is 4.53. The summed E-state index contributed by atoms with van der Waals surface area (Å²) in [5, 5.41) is 15.8. The van der Waals surface area contributed by atoms with Gasteiger partial charge in [0.2, 0.25) is 0 Å². The first kappa shape index (κ1) is 12.0. The Hall–Kier alpha value is -0.450. The molecular weight excluding hydrogens is 220 g/mol. The first-order chi connectivity index (χ1) is 7.83. The largest absolute Gasteiger partial charge is 0.396 e. The van der Waals surface area contributed by atoms with Crippen molar-refractivity contribution in [3.8, 4) is 0 Å². The molecule has 0 amide bonds. The fourth-order valence-corrected chi connectivity index (χ4v) is 2.77. The van der Waals surface area contributed by atoms with E-state index in [9.17, 15) is 0 Å². The summed E-state index contributed by atoms with van der Waals surface area (Å²) in [6.45, 7) is 3.24. The van der Waals surface area contributed by atoms with E-state index in [2.05, 4.69) is 22.6 Å². The van der Waals surface area contributed by atoms with Crippen LogP contribution >= 0.6 is 11.3 Å². The molecule has 1 aromatic rings. The van der Waals surface area contributed by atoms with E-state index in [1.165, 1.54) is 17.8 Å². The number of nitrogens with one attached hydrogen (secondary N) is 1. The molecule has 1 aliphatic carbocycles. The summed E-state index contributed by atoms with van der Waals surface area (Å²) >= 11 is 1.79. The van der Waals surface area contributed by atoms with Crippen LogP contribution in [-0.2, 0) is 6.54 Å². The van der Waals surface area contributed by atoms with Crippen LogP contribution in [0.5, 0.6) is 0 Å². The Labute approximate surface area is 101 Å². The normalized spacial score (nSPS) is 17.6. The lowest BCUT2D eigenvalue weighted by Gasteiger charge is -2.14. The van der Waals surface area contributed by atoms with Crippen molar-refractivity contribution in [3.63, 3.8) is 0 Å². The van der Waals surface area contributed by atoms with Gasteiger partial charge in [-0.2, -0.15) is 0 Å². The third-order valence-corrected chi connectivity index (χ3v) is 4.09. The molecule has 1 saturated carbocycles. The second-order valence-corrected chi connectivity index (χ2v) is 5.34.